The second kappa shape index (κ2) is 6.28. The lowest BCUT2D eigenvalue weighted by molar-refractivity contribution is -0.154. The number of ether oxygens (including phenoxy) is 1. The zero-order valence-electron chi connectivity index (χ0n) is 12.1. The Morgan fingerprint density at radius 1 is 1.00 bits per heavy atom. The van der Waals surface area contributed by atoms with Gasteiger partial charge in [0.05, 0.1) is 12.0 Å². The van der Waals surface area contributed by atoms with E-state index in [2.05, 4.69) is 0 Å². The maximum Gasteiger partial charge on any atom is 0.416 e. The fourth-order valence-corrected chi connectivity index (χ4v) is 1.60. The van der Waals surface area contributed by atoms with Crippen LogP contribution in [0.3, 0.4) is 0 Å². The molecule has 0 aromatic heterocycles. The first-order chi connectivity index (χ1) is 9.49. The number of esters is 1. The van der Waals surface area contributed by atoms with Gasteiger partial charge in [0, 0.05) is 12.0 Å². The molecule has 0 saturated heterocycles. The number of hydrogen-bond acceptors (Lipinski definition) is 3. The van der Waals surface area contributed by atoms with Crippen LogP contribution in [-0.2, 0) is 15.7 Å². The molecule has 21 heavy (non-hydrogen) atoms. The highest BCUT2D eigenvalue weighted by molar-refractivity contribution is 5.97. The molecule has 0 saturated carbocycles. The van der Waals surface area contributed by atoms with E-state index in [1.165, 1.54) is 0 Å². The molecule has 3 nitrogen and oxygen atoms in total. The van der Waals surface area contributed by atoms with Crippen LogP contribution >= 0.6 is 0 Å². The quantitative estimate of drug-likeness (QED) is 0.623. The van der Waals surface area contributed by atoms with E-state index in [0.717, 1.165) is 24.3 Å². The molecule has 0 atom stereocenters. The number of alkyl halides is 3. The third-order valence-corrected chi connectivity index (χ3v) is 2.51. The van der Waals surface area contributed by atoms with Crippen molar-refractivity contribution in [2.75, 3.05) is 0 Å². The van der Waals surface area contributed by atoms with E-state index in [1.807, 2.05) is 0 Å². The Morgan fingerprint density at radius 2 is 1.52 bits per heavy atom. The lowest BCUT2D eigenvalue weighted by atomic mass is 10.0. The number of halogens is 3. The number of carbonyl (C=O) groups is 2. The standard InChI is InChI=1S/C15H17F3O3/c1-14(2,3)21-13(20)9-8-12(19)10-4-6-11(7-5-10)15(16,17)18/h4-7H,8-9H2,1-3H3. The summed E-state index contributed by atoms with van der Waals surface area (Å²) in [5.74, 6) is -0.905. The summed E-state index contributed by atoms with van der Waals surface area (Å²) >= 11 is 0. The number of Topliss-reactive ketones (excluding diaryl/α,β-unsaturated/α-hetero) is 1. The summed E-state index contributed by atoms with van der Waals surface area (Å²) < 4.78 is 42.2. The Balaban J connectivity index is 2.59. The predicted octanol–water partition coefficient (Wildman–Crippen LogP) is 4.01. The van der Waals surface area contributed by atoms with Crippen molar-refractivity contribution in [2.45, 2.75) is 45.4 Å². The Kier molecular flexibility index (Phi) is 5.15. The van der Waals surface area contributed by atoms with Gasteiger partial charge in [0.1, 0.15) is 5.60 Å². The Labute approximate surface area is 121 Å². The van der Waals surface area contributed by atoms with Crippen molar-refractivity contribution >= 4 is 11.8 Å². The molecule has 0 aliphatic rings. The Bertz CT molecular complexity index is 510. The van der Waals surface area contributed by atoms with E-state index in [-0.39, 0.29) is 18.4 Å². The van der Waals surface area contributed by atoms with Crippen LogP contribution in [0.4, 0.5) is 13.2 Å². The highest BCUT2D eigenvalue weighted by atomic mass is 19.4. The van der Waals surface area contributed by atoms with E-state index < -0.39 is 29.1 Å². The van der Waals surface area contributed by atoms with E-state index in [0.29, 0.717) is 0 Å². The van der Waals surface area contributed by atoms with Crippen molar-refractivity contribution in [3.05, 3.63) is 35.4 Å². The van der Waals surface area contributed by atoms with E-state index in [4.69, 9.17) is 4.74 Å². The highest BCUT2D eigenvalue weighted by Gasteiger charge is 2.30. The number of carbonyl (C=O) groups excluding carboxylic acids is 2. The van der Waals surface area contributed by atoms with Crippen LogP contribution in [0, 0.1) is 0 Å². The maximum absolute atomic E-state index is 12.4. The van der Waals surface area contributed by atoms with Crippen molar-refractivity contribution < 1.29 is 27.5 Å². The number of benzene rings is 1. The molecular formula is C15H17F3O3. The minimum Gasteiger partial charge on any atom is -0.460 e. The summed E-state index contributed by atoms with van der Waals surface area (Å²) in [7, 11) is 0. The summed E-state index contributed by atoms with van der Waals surface area (Å²) in [6, 6.07) is 3.92. The smallest absolute Gasteiger partial charge is 0.416 e. The van der Waals surface area contributed by atoms with Gasteiger partial charge >= 0.3 is 12.1 Å². The first kappa shape index (κ1) is 17.2. The fraction of sp³-hybridized carbons (Fsp3) is 0.467. The molecule has 0 heterocycles. The van der Waals surface area contributed by atoms with Crippen molar-refractivity contribution in [1.82, 2.24) is 0 Å². The van der Waals surface area contributed by atoms with E-state index >= 15 is 0 Å². The number of ketones is 1. The zero-order chi connectivity index (χ0) is 16.3. The predicted molar refractivity (Wildman–Crippen MR) is 70.9 cm³/mol. The third kappa shape index (κ3) is 5.97. The monoisotopic (exact) mass is 302 g/mol. The van der Waals surface area contributed by atoms with Gasteiger partial charge in [-0.3, -0.25) is 9.59 Å². The minimum absolute atomic E-state index is 0.0969. The Hall–Kier alpha value is -1.85. The number of hydrogen-bond donors (Lipinski definition) is 0. The molecule has 6 heteroatoms. The van der Waals surface area contributed by atoms with Crippen LogP contribution in [0.25, 0.3) is 0 Å². The van der Waals surface area contributed by atoms with Crippen LogP contribution in [0.15, 0.2) is 24.3 Å². The lowest BCUT2D eigenvalue weighted by Crippen LogP contribution is -2.24. The number of rotatable bonds is 4. The average Bonchev–Trinajstić information content (AvgIpc) is 2.33. The van der Waals surface area contributed by atoms with Gasteiger partial charge in [0.25, 0.3) is 0 Å². The molecule has 0 bridgehead atoms. The Morgan fingerprint density at radius 3 is 1.95 bits per heavy atom. The first-order valence-electron chi connectivity index (χ1n) is 6.41. The molecule has 0 unspecified atom stereocenters. The largest absolute Gasteiger partial charge is 0.460 e. The topological polar surface area (TPSA) is 43.4 Å². The van der Waals surface area contributed by atoms with Gasteiger partial charge in [-0.05, 0) is 32.9 Å². The maximum atomic E-state index is 12.4. The van der Waals surface area contributed by atoms with Crippen LogP contribution in [-0.4, -0.2) is 17.4 Å². The molecule has 0 N–H and O–H groups in total. The summed E-state index contributed by atoms with van der Waals surface area (Å²) in [5, 5.41) is 0. The van der Waals surface area contributed by atoms with Crippen LogP contribution in [0.1, 0.15) is 49.5 Å². The third-order valence-electron chi connectivity index (χ3n) is 2.51. The molecule has 1 aromatic rings. The molecule has 1 aromatic carbocycles. The molecule has 1 rings (SSSR count). The normalized spacial score (nSPS) is 12.1. The summed E-state index contributed by atoms with van der Waals surface area (Å²) in [5.41, 5.74) is -1.30. The zero-order valence-corrected chi connectivity index (χ0v) is 12.1. The molecule has 0 spiro atoms. The summed E-state index contributed by atoms with van der Waals surface area (Å²) in [6.45, 7) is 5.13. The van der Waals surface area contributed by atoms with Crippen LogP contribution in [0.5, 0.6) is 0 Å². The SMILES string of the molecule is CC(C)(C)OC(=O)CCC(=O)c1ccc(C(F)(F)F)cc1. The average molecular weight is 302 g/mol. The molecule has 0 aliphatic heterocycles. The van der Waals surface area contributed by atoms with Gasteiger partial charge in [-0.2, -0.15) is 13.2 Å². The minimum atomic E-state index is -4.43. The highest BCUT2D eigenvalue weighted by Crippen LogP contribution is 2.29. The summed E-state index contributed by atoms with van der Waals surface area (Å²) in [4.78, 5) is 23.2. The van der Waals surface area contributed by atoms with Crippen molar-refractivity contribution in [3.63, 3.8) is 0 Å². The molecule has 0 radical (unpaired) electrons. The first-order valence-corrected chi connectivity index (χ1v) is 6.41. The molecule has 0 amide bonds. The molecule has 0 aliphatic carbocycles. The fourth-order valence-electron chi connectivity index (χ4n) is 1.60. The summed E-state index contributed by atoms with van der Waals surface area (Å²) in [6.07, 6.45) is -4.63. The van der Waals surface area contributed by atoms with E-state index in [9.17, 15) is 22.8 Å². The van der Waals surface area contributed by atoms with Gasteiger partial charge in [-0.15, -0.1) is 0 Å². The van der Waals surface area contributed by atoms with Gasteiger partial charge < -0.3 is 4.74 Å². The molecule has 116 valence electrons. The van der Waals surface area contributed by atoms with Crippen molar-refractivity contribution in [3.8, 4) is 0 Å². The van der Waals surface area contributed by atoms with E-state index in [1.54, 1.807) is 20.8 Å². The van der Waals surface area contributed by atoms with Crippen molar-refractivity contribution in [2.24, 2.45) is 0 Å². The molecule has 0 fully saturated rings. The van der Waals surface area contributed by atoms with Gasteiger partial charge in [-0.1, -0.05) is 12.1 Å². The van der Waals surface area contributed by atoms with Crippen LogP contribution < -0.4 is 0 Å². The second-order valence-corrected chi connectivity index (χ2v) is 5.58. The van der Waals surface area contributed by atoms with Gasteiger partial charge in [0.2, 0.25) is 0 Å². The van der Waals surface area contributed by atoms with Crippen molar-refractivity contribution in [1.29, 1.82) is 0 Å². The van der Waals surface area contributed by atoms with Gasteiger partial charge in [-0.25, -0.2) is 0 Å². The van der Waals surface area contributed by atoms with Crippen LogP contribution in [0.2, 0.25) is 0 Å². The molecular weight excluding hydrogens is 285 g/mol. The lowest BCUT2D eigenvalue weighted by Gasteiger charge is -2.19. The second-order valence-electron chi connectivity index (χ2n) is 5.58. The van der Waals surface area contributed by atoms with Gasteiger partial charge in [0.15, 0.2) is 5.78 Å².